The van der Waals surface area contributed by atoms with Gasteiger partial charge in [0.1, 0.15) is 6.10 Å². The van der Waals surface area contributed by atoms with Crippen LogP contribution in [0.15, 0.2) is 34.7 Å². The molecule has 0 saturated carbocycles. The molecule has 0 aliphatic carbocycles. The van der Waals surface area contributed by atoms with Crippen LogP contribution in [0.3, 0.4) is 0 Å². The molecule has 1 heterocycles. The lowest BCUT2D eigenvalue weighted by Gasteiger charge is -2.07. The largest absolute Gasteiger partial charge is 0.425 e. The molecule has 0 saturated heterocycles. The first kappa shape index (κ1) is 9.73. The summed E-state index contributed by atoms with van der Waals surface area (Å²) in [6.45, 7) is 1.75. The van der Waals surface area contributed by atoms with E-state index >= 15 is 0 Å². The van der Waals surface area contributed by atoms with Crippen molar-refractivity contribution in [3.8, 4) is 0 Å². The van der Waals surface area contributed by atoms with Crippen molar-refractivity contribution in [2.45, 2.75) is 13.0 Å². The van der Waals surface area contributed by atoms with Crippen molar-refractivity contribution in [2.24, 2.45) is 0 Å². The second kappa shape index (κ2) is 3.74. The topological polar surface area (TPSA) is 72.3 Å². The maximum atomic E-state index is 10.00. The molecule has 0 radical (unpaired) electrons. The summed E-state index contributed by atoms with van der Waals surface area (Å²) < 4.78 is 5.15. The van der Waals surface area contributed by atoms with Crippen LogP contribution in [0.25, 0.3) is 0 Å². The predicted octanol–water partition coefficient (Wildman–Crippen LogP) is 1.65. The Kier molecular flexibility index (Phi) is 2.43. The van der Waals surface area contributed by atoms with Gasteiger partial charge < -0.3 is 15.3 Å². The van der Waals surface area contributed by atoms with Gasteiger partial charge >= 0.3 is 0 Å². The molecule has 0 fully saturated rings. The molecule has 0 aliphatic rings. The van der Waals surface area contributed by atoms with Gasteiger partial charge in [-0.3, -0.25) is 0 Å². The van der Waals surface area contributed by atoms with Gasteiger partial charge in [0, 0.05) is 0 Å². The number of aliphatic hydroxyl groups is 1. The lowest BCUT2D eigenvalue weighted by molar-refractivity contribution is 0.190. The number of nitrogen functional groups attached to an aromatic ring is 1. The zero-order chi connectivity index (χ0) is 10.8. The molecule has 0 amide bonds. The van der Waals surface area contributed by atoms with Gasteiger partial charge in [0.2, 0.25) is 0 Å². The van der Waals surface area contributed by atoms with Crippen molar-refractivity contribution in [1.29, 1.82) is 0 Å². The van der Waals surface area contributed by atoms with Crippen LogP contribution in [0.5, 0.6) is 0 Å². The first-order valence-corrected chi connectivity index (χ1v) is 4.64. The highest BCUT2D eigenvalue weighted by Crippen LogP contribution is 2.25. The summed E-state index contributed by atoms with van der Waals surface area (Å²) >= 11 is 0. The van der Waals surface area contributed by atoms with Crippen LogP contribution in [-0.2, 0) is 0 Å². The van der Waals surface area contributed by atoms with Gasteiger partial charge in [0.05, 0.1) is 5.69 Å². The first-order chi connectivity index (χ1) is 7.18. The van der Waals surface area contributed by atoms with Crippen LogP contribution < -0.4 is 5.73 Å². The highest BCUT2D eigenvalue weighted by Gasteiger charge is 2.18. The van der Waals surface area contributed by atoms with Gasteiger partial charge in [0.25, 0.3) is 6.01 Å². The first-order valence-electron chi connectivity index (χ1n) is 4.64. The summed E-state index contributed by atoms with van der Waals surface area (Å²) in [5.74, 6) is 0.402. The zero-order valence-corrected chi connectivity index (χ0v) is 8.34. The van der Waals surface area contributed by atoms with Crippen molar-refractivity contribution in [3.63, 3.8) is 0 Å². The molecule has 3 N–H and O–H groups in total. The van der Waals surface area contributed by atoms with E-state index in [0.29, 0.717) is 11.5 Å². The van der Waals surface area contributed by atoms with Gasteiger partial charge in [-0.2, -0.15) is 4.98 Å². The fourth-order valence-corrected chi connectivity index (χ4v) is 1.47. The number of rotatable bonds is 2. The molecule has 1 aromatic heterocycles. The zero-order valence-electron chi connectivity index (χ0n) is 8.34. The third-order valence-electron chi connectivity index (χ3n) is 2.21. The average Bonchev–Trinajstić information content (AvgIpc) is 2.58. The Hall–Kier alpha value is -1.81. The quantitative estimate of drug-likeness (QED) is 0.780. The van der Waals surface area contributed by atoms with Gasteiger partial charge in [-0.25, -0.2) is 0 Å². The Morgan fingerprint density at radius 2 is 2.00 bits per heavy atom. The monoisotopic (exact) mass is 204 g/mol. The highest BCUT2D eigenvalue weighted by atomic mass is 16.4. The van der Waals surface area contributed by atoms with E-state index in [4.69, 9.17) is 10.2 Å². The molecule has 15 heavy (non-hydrogen) atoms. The summed E-state index contributed by atoms with van der Waals surface area (Å²) in [6.07, 6.45) is -0.809. The smallest absolute Gasteiger partial charge is 0.292 e. The summed E-state index contributed by atoms with van der Waals surface area (Å²) in [4.78, 5) is 3.91. The number of nitrogens with zero attached hydrogens (tertiary/aromatic N) is 1. The van der Waals surface area contributed by atoms with E-state index < -0.39 is 6.10 Å². The molecule has 0 unspecified atom stereocenters. The maximum Gasteiger partial charge on any atom is 0.292 e. The number of anilines is 1. The Morgan fingerprint density at radius 3 is 2.53 bits per heavy atom. The molecule has 4 heteroatoms. The van der Waals surface area contributed by atoms with Crippen LogP contribution in [0.2, 0.25) is 0 Å². The van der Waals surface area contributed by atoms with E-state index in [1.165, 1.54) is 0 Å². The van der Waals surface area contributed by atoms with Crippen LogP contribution in [0.4, 0.5) is 6.01 Å². The van der Waals surface area contributed by atoms with E-state index in [0.717, 1.165) is 5.56 Å². The number of nitrogens with two attached hydrogens (primary N) is 1. The lowest BCUT2D eigenvalue weighted by Crippen LogP contribution is -1.99. The van der Waals surface area contributed by atoms with E-state index in [2.05, 4.69) is 4.98 Å². The molecule has 2 rings (SSSR count). The van der Waals surface area contributed by atoms with Crippen molar-refractivity contribution in [1.82, 2.24) is 4.98 Å². The number of oxazole rings is 1. The molecule has 0 spiro atoms. The maximum absolute atomic E-state index is 10.00. The average molecular weight is 204 g/mol. The number of hydrogen-bond acceptors (Lipinski definition) is 4. The minimum Gasteiger partial charge on any atom is -0.425 e. The SMILES string of the molecule is Cc1nc(N)oc1[C@H](O)c1ccccc1. The van der Waals surface area contributed by atoms with Gasteiger partial charge in [-0.15, -0.1) is 0 Å². The number of hydrogen-bond donors (Lipinski definition) is 2. The van der Waals surface area contributed by atoms with Crippen LogP contribution in [-0.4, -0.2) is 10.1 Å². The Bertz CT molecular complexity index is 451. The Morgan fingerprint density at radius 1 is 1.33 bits per heavy atom. The summed E-state index contributed by atoms with van der Waals surface area (Å²) in [5.41, 5.74) is 6.78. The predicted molar refractivity (Wildman–Crippen MR) is 56.2 cm³/mol. The Balaban J connectivity index is 2.36. The van der Waals surface area contributed by atoms with Crippen LogP contribution in [0.1, 0.15) is 23.1 Å². The Labute approximate surface area is 87.4 Å². The molecule has 1 atom stereocenters. The number of aryl methyl sites for hydroxylation is 1. The normalized spacial score (nSPS) is 12.7. The lowest BCUT2D eigenvalue weighted by atomic mass is 10.1. The molecule has 0 aliphatic heterocycles. The standard InChI is InChI=1S/C11H12N2O2/c1-7-10(15-11(12)13-7)9(14)8-5-3-2-4-6-8/h2-6,9,14H,1H3,(H2,12,13)/t9-/m1/s1. The van der Waals surface area contributed by atoms with Gasteiger partial charge in [-0.05, 0) is 12.5 Å². The van der Waals surface area contributed by atoms with Crippen molar-refractivity contribution in [2.75, 3.05) is 5.73 Å². The van der Waals surface area contributed by atoms with Crippen LogP contribution in [0, 0.1) is 6.92 Å². The molecular formula is C11H12N2O2. The second-order valence-electron chi connectivity index (χ2n) is 3.31. The molecule has 4 nitrogen and oxygen atoms in total. The second-order valence-corrected chi connectivity index (χ2v) is 3.31. The minimum absolute atomic E-state index is 0.0810. The van der Waals surface area contributed by atoms with E-state index in [1.807, 2.05) is 30.3 Å². The summed E-state index contributed by atoms with van der Waals surface area (Å²) in [5, 5.41) is 10.00. The number of aliphatic hydroxyl groups excluding tert-OH is 1. The summed E-state index contributed by atoms with van der Waals surface area (Å²) in [7, 11) is 0. The van der Waals surface area contributed by atoms with Gasteiger partial charge in [-0.1, -0.05) is 30.3 Å². The fraction of sp³-hybridized carbons (Fsp3) is 0.182. The van der Waals surface area contributed by atoms with E-state index in [9.17, 15) is 5.11 Å². The number of benzene rings is 1. The van der Waals surface area contributed by atoms with Crippen molar-refractivity contribution >= 4 is 6.01 Å². The third-order valence-corrected chi connectivity index (χ3v) is 2.21. The molecule has 1 aromatic carbocycles. The minimum atomic E-state index is -0.809. The third kappa shape index (κ3) is 1.85. The van der Waals surface area contributed by atoms with Gasteiger partial charge in [0.15, 0.2) is 5.76 Å². The number of aromatic nitrogens is 1. The van der Waals surface area contributed by atoms with Crippen LogP contribution >= 0.6 is 0 Å². The molecule has 2 aromatic rings. The van der Waals surface area contributed by atoms with E-state index in [1.54, 1.807) is 6.92 Å². The van der Waals surface area contributed by atoms with Crippen molar-refractivity contribution in [3.05, 3.63) is 47.3 Å². The highest BCUT2D eigenvalue weighted by molar-refractivity contribution is 5.29. The molecular weight excluding hydrogens is 192 g/mol. The van der Waals surface area contributed by atoms with Crippen molar-refractivity contribution < 1.29 is 9.52 Å². The molecule has 78 valence electrons. The summed E-state index contributed by atoms with van der Waals surface area (Å²) in [6, 6.07) is 9.32. The fourth-order valence-electron chi connectivity index (χ4n) is 1.47. The van der Waals surface area contributed by atoms with E-state index in [-0.39, 0.29) is 6.01 Å². The molecule has 0 bridgehead atoms.